The SMILES string of the molecule is C=CCN1C(=O)C(CC(=O)Nc2cc(C(F)(F)F)ccc2Cl)SC1=Nc1ccc(Br)cc1. The van der Waals surface area contributed by atoms with E-state index in [-0.39, 0.29) is 29.6 Å². The lowest BCUT2D eigenvalue weighted by Crippen LogP contribution is -2.33. The van der Waals surface area contributed by atoms with Crippen LogP contribution in [0.1, 0.15) is 12.0 Å². The first-order valence-electron chi connectivity index (χ1n) is 9.18. The summed E-state index contributed by atoms with van der Waals surface area (Å²) in [7, 11) is 0. The van der Waals surface area contributed by atoms with Crippen LogP contribution in [0.4, 0.5) is 24.5 Å². The lowest BCUT2D eigenvalue weighted by molar-refractivity contribution is -0.137. The van der Waals surface area contributed by atoms with Crippen LogP contribution in [0.15, 0.2) is 64.6 Å². The van der Waals surface area contributed by atoms with Gasteiger partial charge in [-0.3, -0.25) is 14.5 Å². The molecule has 0 bridgehead atoms. The number of halogens is 5. The fourth-order valence-corrected chi connectivity index (χ4v) is 4.41. The van der Waals surface area contributed by atoms with Crippen LogP contribution in [-0.2, 0) is 15.8 Å². The molecular weight excluding hydrogens is 531 g/mol. The Hall–Kier alpha value is -2.30. The monoisotopic (exact) mass is 545 g/mol. The molecule has 11 heteroatoms. The third kappa shape index (κ3) is 5.93. The van der Waals surface area contributed by atoms with Crippen molar-refractivity contribution in [2.24, 2.45) is 4.99 Å². The van der Waals surface area contributed by atoms with Gasteiger partial charge in [0.2, 0.25) is 11.8 Å². The lowest BCUT2D eigenvalue weighted by Gasteiger charge is -2.14. The standard InChI is InChI=1S/C21H16BrClF3N3O2S/c1-2-9-29-19(31)17(32-20(29)27-14-6-4-13(22)5-7-14)11-18(30)28-16-10-12(21(24,25)26)3-8-15(16)23/h2-8,10,17H,1,9,11H2,(H,28,30). The molecule has 2 aromatic rings. The zero-order valence-corrected chi connectivity index (χ0v) is 19.5. The predicted octanol–water partition coefficient (Wildman–Crippen LogP) is 6.27. The summed E-state index contributed by atoms with van der Waals surface area (Å²) in [5.74, 6) is -0.975. The van der Waals surface area contributed by atoms with Gasteiger partial charge >= 0.3 is 6.18 Å². The largest absolute Gasteiger partial charge is 0.416 e. The number of carbonyl (C=O) groups is 2. The quantitative estimate of drug-likeness (QED) is 0.435. The Morgan fingerprint density at radius 3 is 2.59 bits per heavy atom. The van der Waals surface area contributed by atoms with Gasteiger partial charge in [0, 0.05) is 17.4 Å². The van der Waals surface area contributed by atoms with E-state index in [0.717, 1.165) is 34.4 Å². The van der Waals surface area contributed by atoms with Crippen molar-refractivity contribution in [2.45, 2.75) is 17.8 Å². The molecule has 168 valence electrons. The van der Waals surface area contributed by atoms with E-state index < -0.39 is 22.9 Å². The zero-order chi connectivity index (χ0) is 23.5. The Kier molecular flexibility index (Phi) is 7.68. The highest BCUT2D eigenvalue weighted by molar-refractivity contribution is 9.10. The Labute approximate surface area is 199 Å². The number of nitrogens with zero attached hydrogens (tertiary/aromatic N) is 2. The number of anilines is 1. The zero-order valence-electron chi connectivity index (χ0n) is 16.3. The summed E-state index contributed by atoms with van der Waals surface area (Å²) in [4.78, 5) is 31.2. The third-order valence-corrected chi connectivity index (χ3v) is 6.36. The van der Waals surface area contributed by atoms with Crippen LogP contribution in [0, 0.1) is 0 Å². The van der Waals surface area contributed by atoms with Gasteiger partial charge in [0.1, 0.15) is 5.25 Å². The molecule has 32 heavy (non-hydrogen) atoms. The van der Waals surface area contributed by atoms with Crippen LogP contribution in [0.5, 0.6) is 0 Å². The molecule has 2 aromatic carbocycles. The molecule has 1 atom stereocenters. The number of nitrogens with one attached hydrogen (secondary N) is 1. The van der Waals surface area contributed by atoms with Crippen molar-refractivity contribution in [1.82, 2.24) is 4.90 Å². The summed E-state index contributed by atoms with van der Waals surface area (Å²) in [6.07, 6.45) is -3.30. The summed E-state index contributed by atoms with van der Waals surface area (Å²) in [5, 5.41) is 1.95. The van der Waals surface area contributed by atoms with E-state index in [1.165, 1.54) is 4.90 Å². The molecule has 1 aliphatic heterocycles. The van der Waals surface area contributed by atoms with Crippen molar-refractivity contribution in [3.8, 4) is 0 Å². The number of rotatable bonds is 6. The van der Waals surface area contributed by atoms with E-state index >= 15 is 0 Å². The van der Waals surface area contributed by atoms with Crippen molar-refractivity contribution < 1.29 is 22.8 Å². The fraction of sp³-hybridized carbons (Fsp3) is 0.190. The Bertz CT molecular complexity index is 1080. The maximum absolute atomic E-state index is 12.9. The average Bonchev–Trinajstić information content (AvgIpc) is 2.99. The van der Waals surface area contributed by atoms with Gasteiger partial charge in [0.25, 0.3) is 0 Å². The second kappa shape index (κ2) is 10.1. The van der Waals surface area contributed by atoms with Crippen LogP contribution in [0.3, 0.4) is 0 Å². The maximum Gasteiger partial charge on any atom is 0.416 e. The molecular formula is C21H16BrClF3N3O2S. The number of aliphatic imine (C=N–C) groups is 1. The number of benzene rings is 2. The first-order valence-corrected chi connectivity index (χ1v) is 11.2. The molecule has 1 unspecified atom stereocenters. The number of hydrogen-bond donors (Lipinski definition) is 1. The van der Waals surface area contributed by atoms with Crippen LogP contribution in [-0.4, -0.2) is 33.7 Å². The third-order valence-electron chi connectivity index (χ3n) is 4.32. The highest BCUT2D eigenvalue weighted by Crippen LogP contribution is 2.35. The van der Waals surface area contributed by atoms with E-state index in [1.807, 2.05) is 12.1 Å². The van der Waals surface area contributed by atoms with Crippen molar-refractivity contribution in [3.63, 3.8) is 0 Å². The Morgan fingerprint density at radius 1 is 1.28 bits per heavy atom. The first-order chi connectivity index (χ1) is 15.1. The summed E-state index contributed by atoms with van der Waals surface area (Å²) >= 11 is 10.4. The van der Waals surface area contributed by atoms with Crippen LogP contribution in [0.25, 0.3) is 0 Å². The molecule has 1 saturated heterocycles. The van der Waals surface area contributed by atoms with Gasteiger partial charge in [-0.2, -0.15) is 13.2 Å². The summed E-state index contributed by atoms with van der Waals surface area (Å²) in [6.45, 7) is 3.85. The number of carbonyl (C=O) groups excluding carboxylic acids is 2. The van der Waals surface area contributed by atoms with Crippen LogP contribution >= 0.6 is 39.3 Å². The molecule has 1 N–H and O–H groups in total. The average molecular weight is 547 g/mol. The van der Waals surface area contributed by atoms with Crippen LogP contribution < -0.4 is 5.32 Å². The molecule has 1 aliphatic rings. The Balaban J connectivity index is 1.75. The summed E-state index contributed by atoms with van der Waals surface area (Å²) in [5.41, 5.74) is -0.489. The molecule has 5 nitrogen and oxygen atoms in total. The van der Waals surface area contributed by atoms with E-state index in [4.69, 9.17) is 11.6 Å². The first kappa shape index (κ1) is 24.3. The molecule has 0 aliphatic carbocycles. The lowest BCUT2D eigenvalue weighted by atomic mass is 10.2. The van der Waals surface area contributed by atoms with Crippen LogP contribution in [0.2, 0.25) is 5.02 Å². The second-order valence-electron chi connectivity index (χ2n) is 6.66. The van der Waals surface area contributed by atoms with Crippen molar-refractivity contribution in [3.05, 3.63) is 70.2 Å². The fourth-order valence-electron chi connectivity index (χ4n) is 2.82. The predicted molar refractivity (Wildman–Crippen MR) is 124 cm³/mol. The van der Waals surface area contributed by atoms with Gasteiger partial charge < -0.3 is 5.32 Å². The normalized spacial score (nSPS) is 17.7. The highest BCUT2D eigenvalue weighted by atomic mass is 79.9. The summed E-state index contributed by atoms with van der Waals surface area (Å²) in [6, 6.07) is 9.80. The van der Waals surface area contributed by atoms with Gasteiger partial charge in [-0.05, 0) is 42.5 Å². The minimum Gasteiger partial charge on any atom is -0.325 e. The molecule has 1 heterocycles. The van der Waals surface area contributed by atoms with Crippen molar-refractivity contribution in [2.75, 3.05) is 11.9 Å². The molecule has 0 radical (unpaired) electrons. The number of amides is 2. The molecule has 2 amide bonds. The van der Waals surface area contributed by atoms with Crippen molar-refractivity contribution >= 4 is 67.6 Å². The molecule has 0 saturated carbocycles. The molecule has 0 spiro atoms. The van der Waals surface area contributed by atoms with E-state index in [9.17, 15) is 22.8 Å². The van der Waals surface area contributed by atoms with E-state index in [2.05, 4.69) is 32.8 Å². The maximum atomic E-state index is 12.9. The van der Waals surface area contributed by atoms with Gasteiger partial charge in [-0.25, -0.2) is 4.99 Å². The minimum absolute atomic E-state index is 0.0393. The van der Waals surface area contributed by atoms with E-state index in [1.54, 1.807) is 18.2 Å². The van der Waals surface area contributed by atoms with Gasteiger partial charge in [-0.1, -0.05) is 45.4 Å². The number of amidine groups is 1. The smallest absolute Gasteiger partial charge is 0.325 e. The highest BCUT2D eigenvalue weighted by Gasteiger charge is 2.39. The molecule has 3 rings (SSSR count). The van der Waals surface area contributed by atoms with Crippen molar-refractivity contribution in [1.29, 1.82) is 0 Å². The topological polar surface area (TPSA) is 61.8 Å². The van der Waals surface area contributed by atoms with Gasteiger partial charge in [0.05, 0.1) is 22.0 Å². The molecule has 0 aromatic heterocycles. The number of alkyl halides is 3. The summed E-state index contributed by atoms with van der Waals surface area (Å²) < 4.78 is 39.7. The van der Waals surface area contributed by atoms with E-state index in [0.29, 0.717) is 10.9 Å². The minimum atomic E-state index is -4.58. The molecule has 1 fully saturated rings. The van der Waals surface area contributed by atoms with Gasteiger partial charge in [0.15, 0.2) is 5.17 Å². The Morgan fingerprint density at radius 2 is 1.97 bits per heavy atom. The second-order valence-corrected chi connectivity index (χ2v) is 9.15. The number of hydrogen-bond acceptors (Lipinski definition) is 4. The van der Waals surface area contributed by atoms with Gasteiger partial charge in [-0.15, -0.1) is 6.58 Å². The number of thioether (sulfide) groups is 1.